The molecule has 0 saturated carbocycles. The molecule has 0 aliphatic heterocycles. The molecule has 0 amide bonds. The summed E-state index contributed by atoms with van der Waals surface area (Å²) in [6, 6.07) is 1.50. The van der Waals surface area contributed by atoms with Crippen molar-refractivity contribution in [2.24, 2.45) is 0 Å². The van der Waals surface area contributed by atoms with E-state index in [-0.39, 0.29) is 0 Å². The van der Waals surface area contributed by atoms with E-state index in [0.29, 0.717) is 0 Å². The van der Waals surface area contributed by atoms with E-state index in [1.165, 1.54) is 32.1 Å². The molecule has 1 heteroatoms. The van der Waals surface area contributed by atoms with E-state index in [2.05, 4.69) is 39.6 Å². The van der Waals surface area contributed by atoms with Crippen molar-refractivity contribution < 1.29 is 0 Å². The Balaban J connectivity index is 3.71. The van der Waals surface area contributed by atoms with Crippen LogP contribution in [0.25, 0.3) is 0 Å². The Labute approximate surface area is 84.5 Å². The molecule has 0 heterocycles. The highest BCUT2D eigenvalue weighted by Crippen LogP contribution is 2.12. The van der Waals surface area contributed by atoms with Crippen LogP contribution in [0.4, 0.5) is 0 Å². The minimum atomic E-state index is 0.747. The second-order valence-electron chi connectivity index (χ2n) is 4.29. The van der Waals surface area contributed by atoms with Crippen LogP contribution >= 0.6 is 0 Å². The molecule has 0 bridgehead atoms. The lowest BCUT2D eigenvalue weighted by Crippen LogP contribution is -2.36. The summed E-state index contributed by atoms with van der Waals surface area (Å²) in [5, 5.41) is 0. The van der Waals surface area contributed by atoms with Gasteiger partial charge in [0, 0.05) is 12.1 Å². The predicted molar refractivity (Wildman–Crippen MR) is 61.1 cm³/mol. The van der Waals surface area contributed by atoms with Crippen LogP contribution in [-0.2, 0) is 0 Å². The minimum absolute atomic E-state index is 0.747. The van der Waals surface area contributed by atoms with Gasteiger partial charge in [-0.1, -0.05) is 33.1 Å². The maximum atomic E-state index is 2.53. The molecule has 2 atom stereocenters. The van der Waals surface area contributed by atoms with Crippen LogP contribution in [0.3, 0.4) is 0 Å². The molecule has 0 fully saturated rings. The molecular weight excluding hydrogens is 158 g/mol. The molecule has 0 radical (unpaired) electrons. The molecule has 0 aromatic rings. The Morgan fingerprint density at radius 3 is 1.92 bits per heavy atom. The fraction of sp³-hybridized carbons (Fsp3) is 1.00. The van der Waals surface area contributed by atoms with E-state index >= 15 is 0 Å². The summed E-state index contributed by atoms with van der Waals surface area (Å²) in [4.78, 5) is 2.53. The summed E-state index contributed by atoms with van der Waals surface area (Å²) >= 11 is 0. The van der Waals surface area contributed by atoms with Gasteiger partial charge in [0.05, 0.1) is 0 Å². The molecule has 1 nitrogen and oxygen atoms in total. The quantitative estimate of drug-likeness (QED) is 0.585. The van der Waals surface area contributed by atoms with Gasteiger partial charge >= 0.3 is 0 Å². The average Bonchev–Trinajstić information content (AvgIpc) is 2.13. The first-order chi connectivity index (χ1) is 6.13. The van der Waals surface area contributed by atoms with Gasteiger partial charge in [-0.2, -0.15) is 0 Å². The Morgan fingerprint density at radius 1 is 0.923 bits per heavy atom. The zero-order chi connectivity index (χ0) is 10.3. The number of unbranched alkanes of at least 4 members (excludes halogenated alkanes) is 1. The smallest absolute Gasteiger partial charge is 0.00666 e. The van der Waals surface area contributed by atoms with Crippen molar-refractivity contribution >= 4 is 0 Å². The van der Waals surface area contributed by atoms with Crippen LogP contribution in [-0.4, -0.2) is 24.0 Å². The second kappa shape index (κ2) is 7.37. The fourth-order valence-corrected chi connectivity index (χ4v) is 1.76. The summed E-state index contributed by atoms with van der Waals surface area (Å²) in [5.41, 5.74) is 0. The maximum absolute atomic E-state index is 2.53. The topological polar surface area (TPSA) is 3.24 Å². The van der Waals surface area contributed by atoms with Crippen molar-refractivity contribution in [3.63, 3.8) is 0 Å². The first kappa shape index (κ1) is 13.0. The largest absolute Gasteiger partial charge is 0.301 e. The molecule has 0 aliphatic rings. The van der Waals surface area contributed by atoms with Crippen LogP contribution in [0.2, 0.25) is 0 Å². The van der Waals surface area contributed by atoms with Gasteiger partial charge in [-0.25, -0.2) is 0 Å². The lowest BCUT2D eigenvalue weighted by atomic mass is 10.1. The third-order valence-electron chi connectivity index (χ3n) is 3.07. The summed E-state index contributed by atoms with van der Waals surface area (Å²) in [7, 11) is 2.26. The van der Waals surface area contributed by atoms with Crippen molar-refractivity contribution in [1.29, 1.82) is 0 Å². The molecule has 0 unspecified atom stereocenters. The van der Waals surface area contributed by atoms with E-state index in [0.717, 1.165) is 12.1 Å². The maximum Gasteiger partial charge on any atom is 0.00666 e. The normalized spacial score (nSPS) is 16.2. The second-order valence-corrected chi connectivity index (χ2v) is 4.29. The Morgan fingerprint density at radius 2 is 1.46 bits per heavy atom. The van der Waals surface area contributed by atoms with Gasteiger partial charge in [-0.15, -0.1) is 0 Å². The third-order valence-corrected chi connectivity index (χ3v) is 3.07. The standard InChI is InChI=1S/C12H27N/c1-6-8-10-12(4)13(5)11(3)9-7-2/h11-12H,6-10H2,1-5H3/t11-,12+/m0/s1. The van der Waals surface area contributed by atoms with Crippen molar-refractivity contribution in [3.05, 3.63) is 0 Å². The van der Waals surface area contributed by atoms with Gasteiger partial charge < -0.3 is 4.90 Å². The SMILES string of the molecule is CCCC[C@@H](C)N(C)[C@@H](C)CCC. The predicted octanol–water partition coefficient (Wildman–Crippen LogP) is 3.69. The van der Waals surface area contributed by atoms with Gasteiger partial charge in [-0.05, 0) is 33.7 Å². The highest BCUT2D eigenvalue weighted by molar-refractivity contribution is 4.69. The lowest BCUT2D eigenvalue weighted by molar-refractivity contribution is 0.176. The van der Waals surface area contributed by atoms with E-state index in [1.807, 2.05) is 0 Å². The van der Waals surface area contributed by atoms with Crippen molar-refractivity contribution in [2.75, 3.05) is 7.05 Å². The Bertz CT molecular complexity index is 112. The first-order valence-corrected chi connectivity index (χ1v) is 5.85. The molecule has 0 spiro atoms. The van der Waals surface area contributed by atoms with Gasteiger partial charge in [0.2, 0.25) is 0 Å². The number of nitrogens with zero attached hydrogens (tertiary/aromatic N) is 1. The van der Waals surface area contributed by atoms with Crippen LogP contribution in [0.1, 0.15) is 59.8 Å². The molecule has 0 aromatic carbocycles. The molecule has 0 aliphatic carbocycles. The van der Waals surface area contributed by atoms with Gasteiger partial charge in [0.1, 0.15) is 0 Å². The minimum Gasteiger partial charge on any atom is -0.301 e. The highest BCUT2D eigenvalue weighted by atomic mass is 15.1. The van der Waals surface area contributed by atoms with Gasteiger partial charge in [-0.3, -0.25) is 0 Å². The molecular formula is C12H27N. The molecule has 0 saturated heterocycles. The molecule has 13 heavy (non-hydrogen) atoms. The summed E-state index contributed by atoms with van der Waals surface area (Å²) in [6.07, 6.45) is 6.66. The lowest BCUT2D eigenvalue weighted by Gasteiger charge is -2.30. The zero-order valence-corrected chi connectivity index (χ0v) is 10.1. The summed E-state index contributed by atoms with van der Waals surface area (Å²) in [6.45, 7) is 9.22. The van der Waals surface area contributed by atoms with Crippen LogP contribution in [0.5, 0.6) is 0 Å². The zero-order valence-electron chi connectivity index (χ0n) is 10.1. The summed E-state index contributed by atoms with van der Waals surface area (Å²) in [5.74, 6) is 0. The molecule has 0 N–H and O–H groups in total. The number of hydrogen-bond donors (Lipinski definition) is 0. The number of hydrogen-bond acceptors (Lipinski definition) is 1. The van der Waals surface area contributed by atoms with E-state index in [4.69, 9.17) is 0 Å². The molecule has 80 valence electrons. The Kier molecular flexibility index (Phi) is 7.35. The van der Waals surface area contributed by atoms with Crippen molar-refractivity contribution in [1.82, 2.24) is 4.90 Å². The monoisotopic (exact) mass is 185 g/mol. The van der Waals surface area contributed by atoms with Crippen molar-refractivity contribution in [3.8, 4) is 0 Å². The van der Waals surface area contributed by atoms with Crippen LogP contribution in [0.15, 0.2) is 0 Å². The van der Waals surface area contributed by atoms with Crippen LogP contribution < -0.4 is 0 Å². The molecule has 0 rings (SSSR count). The Hall–Kier alpha value is -0.0400. The summed E-state index contributed by atoms with van der Waals surface area (Å²) < 4.78 is 0. The third kappa shape index (κ3) is 5.30. The van der Waals surface area contributed by atoms with E-state index in [1.54, 1.807) is 0 Å². The van der Waals surface area contributed by atoms with Gasteiger partial charge in [0.25, 0.3) is 0 Å². The van der Waals surface area contributed by atoms with Crippen molar-refractivity contribution in [2.45, 2.75) is 71.9 Å². The molecule has 0 aromatic heterocycles. The fourth-order valence-electron chi connectivity index (χ4n) is 1.76. The first-order valence-electron chi connectivity index (χ1n) is 5.85. The highest BCUT2D eigenvalue weighted by Gasteiger charge is 2.13. The van der Waals surface area contributed by atoms with E-state index in [9.17, 15) is 0 Å². The van der Waals surface area contributed by atoms with E-state index < -0.39 is 0 Å². The number of rotatable bonds is 7. The van der Waals surface area contributed by atoms with Gasteiger partial charge in [0.15, 0.2) is 0 Å². The van der Waals surface area contributed by atoms with Crippen LogP contribution in [0, 0.1) is 0 Å². The average molecular weight is 185 g/mol.